The van der Waals surface area contributed by atoms with Crippen LogP contribution in [0.25, 0.3) is 11.4 Å². The number of aryl methyl sites for hydroxylation is 1. The van der Waals surface area contributed by atoms with Crippen molar-refractivity contribution in [3.8, 4) is 11.4 Å². The standard InChI is InChI=1S/C8H9N5/c1-5-2-11-7(4-10-5)8-6(9)3-12-13-8/h2-4H,9H2,1H3,(H,12,13). The Morgan fingerprint density at radius 1 is 1.23 bits per heavy atom. The molecular formula is C8H9N5. The van der Waals surface area contributed by atoms with Gasteiger partial charge in [-0.2, -0.15) is 5.10 Å². The number of rotatable bonds is 1. The van der Waals surface area contributed by atoms with Gasteiger partial charge in [-0.25, -0.2) is 0 Å². The van der Waals surface area contributed by atoms with E-state index < -0.39 is 0 Å². The predicted molar refractivity (Wildman–Crippen MR) is 48.8 cm³/mol. The molecule has 0 spiro atoms. The van der Waals surface area contributed by atoms with Crippen molar-refractivity contribution in [2.75, 3.05) is 5.73 Å². The van der Waals surface area contributed by atoms with E-state index in [9.17, 15) is 0 Å². The van der Waals surface area contributed by atoms with Crippen LogP contribution in [0.3, 0.4) is 0 Å². The normalized spacial score (nSPS) is 10.2. The summed E-state index contributed by atoms with van der Waals surface area (Å²) < 4.78 is 0. The highest BCUT2D eigenvalue weighted by Crippen LogP contribution is 2.18. The average molecular weight is 175 g/mol. The van der Waals surface area contributed by atoms with Gasteiger partial charge in [0.05, 0.1) is 23.8 Å². The Hall–Kier alpha value is -1.91. The zero-order valence-electron chi connectivity index (χ0n) is 7.15. The molecule has 13 heavy (non-hydrogen) atoms. The molecule has 2 aromatic heterocycles. The summed E-state index contributed by atoms with van der Waals surface area (Å²) in [6.45, 7) is 1.88. The maximum absolute atomic E-state index is 5.65. The van der Waals surface area contributed by atoms with Crippen LogP contribution in [0.15, 0.2) is 18.6 Å². The molecule has 0 saturated carbocycles. The third-order valence-corrected chi connectivity index (χ3v) is 1.71. The summed E-state index contributed by atoms with van der Waals surface area (Å²) in [6.07, 6.45) is 4.91. The van der Waals surface area contributed by atoms with Gasteiger partial charge >= 0.3 is 0 Å². The van der Waals surface area contributed by atoms with Gasteiger partial charge in [-0.15, -0.1) is 0 Å². The lowest BCUT2D eigenvalue weighted by atomic mass is 10.3. The summed E-state index contributed by atoms with van der Waals surface area (Å²) in [5.74, 6) is 0. The Morgan fingerprint density at radius 3 is 2.62 bits per heavy atom. The summed E-state index contributed by atoms with van der Waals surface area (Å²) in [5.41, 5.74) is 8.53. The van der Waals surface area contributed by atoms with Crippen LogP contribution in [0.2, 0.25) is 0 Å². The fraction of sp³-hybridized carbons (Fsp3) is 0.125. The lowest BCUT2D eigenvalue weighted by molar-refractivity contribution is 1.06. The highest BCUT2D eigenvalue weighted by Gasteiger charge is 2.05. The van der Waals surface area contributed by atoms with Crippen LogP contribution >= 0.6 is 0 Å². The number of anilines is 1. The van der Waals surface area contributed by atoms with Crippen LogP contribution in [-0.4, -0.2) is 20.2 Å². The molecule has 0 aromatic carbocycles. The minimum Gasteiger partial charge on any atom is -0.396 e. The first-order valence-electron chi connectivity index (χ1n) is 3.85. The maximum Gasteiger partial charge on any atom is 0.108 e. The lowest BCUT2D eigenvalue weighted by Crippen LogP contribution is -1.91. The molecule has 0 unspecified atom stereocenters. The molecule has 0 fully saturated rings. The van der Waals surface area contributed by atoms with Crippen molar-refractivity contribution in [3.63, 3.8) is 0 Å². The van der Waals surface area contributed by atoms with Crippen LogP contribution in [0.1, 0.15) is 5.69 Å². The van der Waals surface area contributed by atoms with E-state index in [0.717, 1.165) is 5.69 Å². The smallest absolute Gasteiger partial charge is 0.108 e. The first-order chi connectivity index (χ1) is 6.27. The number of nitrogen functional groups attached to an aromatic ring is 1. The number of nitrogens with zero attached hydrogens (tertiary/aromatic N) is 3. The molecule has 2 heterocycles. The maximum atomic E-state index is 5.65. The van der Waals surface area contributed by atoms with E-state index in [2.05, 4.69) is 20.2 Å². The van der Waals surface area contributed by atoms with Crippen LogP contribution < -0.4 is 5.73 Å². The SMILES string of the molecule is Cc1cnc(-c2[nH]ncc2N)cn1. The van der Waals surface area contributed by atoms with Gasteiger partial charge in [0.15, 0.2) is 0 Å². The van der Waals surface area contributed by atoms with E-state index in [1.807, 2.05) is 6.92 Å². The Balaban J connectivity index is 2.47. The molecule has 2 aromatic rings. The zero-order chi connectivity index (χ0) is 9.26. The van der Waals surface area contributed by atoms with Gasteiger partial charge in [-0.1, -0.05) is 0 Å². The fourth-order valence-corrected chi connectivity index (χ4v) is 1.02. The third-order valence-electron chi connectivity index (χ3n) is 1.71. The van der Waals surface area contributed by atoms with E-state index in [4.69, 9.17) is 5.73 Å². The van der Waals surface area contributed by atoms with Gasteiger partial charge in [-0.05, 0) is 6.92 Å². The van der Waals surface area contributed by atoms with E-state index >= 15 is 0 Å². The van der Waals surface area contributed by atoms with E-state index in [1.54, 1.807) is 18.6 Å². The average Bonchev–Trinajstić information content (AvgIpc) is 2.53. The molecule has 0 saturated heterocycles. The minimum atomic E-state index is 0.582. The van der Waals surface area contributed by atoms with Gasteiger partial charge in [0.25, 0.3) is 0 Å². The Morgan fingerprint density at radius 2 is 2.08 bits per heavy atom. The van der Waals surface area contributed by atoms with E-state index in [-0.39, 0.29) is 0 Å². The summed E-state index contributed by atoms with van der Waals surface area (Å²) in [7, 11) is 0. The monoisotopic (exact) mass is 175 g/mol. The van der Waals surface area contributed by atoms with Crippen molar-refractivity contribution in [1.82, 2.24) is 20.2 Å². The van der Waals surface area contributed by atoms with Crippen LogP contribution in [-0.2, 0) is 0 Å². The molecule has 0 aliphatic heterocycles. The Labute approximate surface area is 75.0 Å². The van der Waals surface area contributed by atoms with Gasteiger partial charge in [-0.3, -0.25) is 15.1 Å². The molecule has 3 N–H and O–H groups in total. The van der Waals surface area contributed by atoms with Crippen LogP contribution in [0, 0.1) is 6.92 Å². The molecule has 0 amide bonds. The number of hydrogen-bond donors (Lipinski definition) is 2. The predicted octanol–water partition coefficient (Wildman–Crippen LogP) is 0.757. The molecule has 0 aliphatic rings. The molecule has 0 atom stereocenters. The fourth-order valence-electron chi connectivity index (χ4n) is 1.02. The van der Waals surface area contributed by atoms with Crippen LogP contribution in [0.5, 0.6) is 0 Å². The topological polar surface area (TPSA) is 80.5 Å². The second-order valence-electron chi connectivity index (χ2n) is 2.74. The molecule has 0 aliphatic carbocycles. The van der Waals surface area contributed by atoms with Crippen molar-refractivity contribution < 1.29 is 0 Å². The molecule has 5 heteroatoms. The Bertz CT molecular complexity index is 403. The summed E-state index contributed by atoms with van der Waals surface area (Å²) >= 11 is 0. The van der Waals surface area contributed by atoms with Crippen molar-refractivity contribution in [3.05, 3.63) is 24.3 Å². The minimum absolute atomic E-state index is 0.582. The van der Waals surface area contributed by atoms with Crippen molar-refractivity contribution >= 4 is 5.69 Å². The lowest BCUT2D eigenvalue weighted by Gasteiger charge is -1.97. The number of H-pyrrole nitrogens is 1. The van der Waals surface area contributed by atoms with Crippen molar-refractivity contribution in [1.29, 1.82) is 0 Å². The highest BCUT2D eigenvalue weighted by molar-refractivity contribution is 5.67. The summed E-state index contributed by atoms with van der Waals surface area (Å²) in [4.78, 5) is 8.28. The summed E-state index contributed by atoms with van der Waals surface area (Å²) in [5, 5.41) is 6.57. The van der Waals surface area contributed by atoms with E-state index in [1.165, 1.54) is 0 Å². The van der Waals surface area contributed by atoms with Gasteiger partial charge in [0.1, 0.15) is 11.4 Å². The van der Waals surface area contributed by atoms with E-state index in [0.29, 0.717) is 17.1 Å². The van der Waals surface area contributed by atoms with Crippen molar-refractivity contribution in [2.45, 2.75) is 6.92 Å². The number of aromatic nitrogens is 4. The summed E-state index contributed by atoms with van der Waals surface area (Å²) in [6, 6.07) is 0. The second kappa shape index (κ2) is 2.85. The number of hydrogen-bond acceptors (Lipinski definition) is 4. The largest absolute Gasteiger partial charge is 0.396 e. The highest BCUT2D eigenvalue weighted by atomic mass is 15.1. The molecule has 0 bridgehead atoms. The molecule has 66 valence electrons. The first kappa shape index (κ1) is 7.72. The molecular weight excluding hydrogens is 166 g/mol. The number of nitrogens with one attached hydrogen (secondary N) is 1. The number of aromatic amines is 1. The first-order valence-corrected chi connectivity index (χ1v) is 3.85. The number of nitrogens with two attached hydrogens (primary N) is 1. The zero-order valence-corrected chi connectivity index (χ0v) is 7.15. The third kappa shape index (κ3) is 1.35. The quantitative estimate of drug-likeness (QED) is 0.670. The van der Waals surface area contributed by atoms with Crippen LogP contribution in [0.4, 0.5) is 5.69 Å². The molecule has 0 radical (unpaired) electrons. The van der Waals surface area contributed by atoms with Gasteiger partial charge in [0, 0.05) is 6.20 Å². The second-order valence-corrected chi connectivity index (χ2v) is 2.74. The van der Waals surface area contributed by atoms with Gasteiger partial charge in [0.2, 0.25) is 0 Å². The molecule has 5 nitrogen and oxygen atoms in total. The molecule has 2 rings (SSSR count). The Kier molecular flexibility index (Phi) is 1.70. The van der Waals surface area contributed by atoms with Gasteiger partial charge < -0.3 is 5.73 Å². The van der Waals surface area contributed by atoms with Crippen molar-refractivity contribution in [2.24, 2.45) is 0 Å².